The summed E-state index contributed by atoms with van der Waals surface area (Å²) < 4.78 is 0. The minimum Gasteiger partial charge on any atom is -0.242 e. The van der Waals surface area contributed by atoms with Gasteiger partial charge in [-0.25, -0.2) is 4.98 Å². The van der Waals surface area contributed by atoms with E-state index in [2.05, 4.69) is 55.6 Å². The van der Waals surface area contributed by atoms with E-state index < -0.39 is 0 Å². The van der Waals surface area contributed by atoms with E-state index in [4.69, 9.17) is 4.98 Å². The molecule has 0 aliphatic heterocycles. The Morgan fingerprint density at radius 3 is 2.63 bits per heavy atom. The van der Waals surface area contributed by atoms with E-state index in [0.29, 0.717) is 0 Å². The topological polar surface area (TPSA) is 12.9 Å². The van der Waals surface area contributed by atoms with Gasteiger partial charge in [0, 0.05) is 11.1 Å². The van der Waals surface area contributed by atoms with Crippen molar-refractivity contribution in [2.45, 2.75) is 26.7 Å². The van der Waals surface area contributed by atoms with Gasteiger partial charge < -0.3 is 0 Å². The molecule has 0 bridgehead atoms. The fourth-order valence-electron chi connectivity index (χ4n) is 2.59. The van der Waals surface area contributed by atoms with Crippen LogP contribution in [-0.4, -0.2) is 4.98 Å². The molecule has 2 heterocycles. The van der Waals surface area contributed by atoms with Gasteiger partial charge in [0.1, 0.15) is 4.83 Å². The second-order valence-electron chi connectivity index (χ2n) is 4.81. The highest BCUT2D eigenvalue weighted by atomic mass is 32.1. The Labute approximate surface area is 117 Å². The Morgan fingerprint density at radius 1 is 1.11 bits per heavy atom. The second kappa shape index (κ2) is 5.14. The Kier molecular flexibility index (Phi) is 3.34. The van der Waals surface area contributed by atoms with Crippen LogP contribution in [-0.2, 0) is 6.42 Å². The maximum atomic E-state index is 4.83. The predicted molar refractivity (Wildman–Crippen MR) is 83.8 cm³/mol. The summed E-state index contributed by atoms with van der Waals surface area (Å²) >= 11 is 1.73. The molecule has 96 valence electrons. The Bertz CT molecular complexity index is 698. The van der Waals surface area contributed by atoms with Crippen LogP contribution in [0.2, 0.25) is 0 Å². The number of rotatable bonds is 3. The Balaban J connectivity index is 2.32. The van der Waals surface area contributed by atoms with Gasteiger partial charge in [-0.2, -0.15) is 0 Å². The highest BCUT2D eigenvalue weighted by Crippen LogP contribution is 2.35. The third-order valence-corrected chi connectivity index (χ3v) is 4.31. The molecule has 0 atom stereocenters. The molecule has 0 spiro atoms. The van der Waals surface area contributed by atoms with Crippen LogP contribution >= 0.6 is 11.3 Å². The number of benzene rings is 1. The van der Waals surface area contributed by atoms with Crippen molar-refractivity contribution in [3.8, 4) is 11.1 Å². The minimum atomic E-state index is 1.06. The van der Waals surface area contributed by atoms with Crippen molar-refractivity contribution in [2.24, 2.45) is 0 Å². The molecule has 2 aromatic heterocycles. The monoisotopic (exact) mass is 267 g/mol. The SMILES string of the molecule is CCCc1nc2sccc2c(-c2ccccc2)c1C. The number of hydrogen-bond donors (Lipinski definition) is 0. The maximum Gasteiger partial charge on any atom is 0.124 e. The molecule has 0 aliphatic carbocycles. The number of aromatic nitrogens is 1. The van der Waals surface area contributed by atoms with E-state index in [1.165, 1.54) is 27.8 Å². The minimum absolute atomic E-state index is 1.06. The maximum absolute atomic E-state index is 4.83. The van der Waals surface area contributed by atoms with Gasteiger partial charge in [-0.15, -0.1) is 11.3 Å². The first-order valence-corrected chi connectivity index (χ1v) is 7.61. The summed E-state index contributed by atoms with van der Waals surface area (Å²) in [5, 5.41) is 3.42. The molecule has 1 aromatic carbocycles. The summed E-state index contributed by atoms with van der Waals surface area (Å²) in [6, 6.07) is 12.8. The quantitative estimate of drug-likeness (QED) is 0.633. The number of fused-ring (bicyclic) bond motifs is 1. The molecule has 0 aliphatic rings. The van der Waals surface area contributed by atoms with Gasteiger partial charge in [0.25, 0.3) is 0 Å². The average molecular weight is 267 g/mol. The molecule has 0 amide bonds. The lowest BCUT2D eigenvalue weighted by molar-refractivity contribution is 0.881. The van der Waals surface area contributed by atoms with Crippen molar-refractivity contribution in [2.75, 3.05) is 0 Å². The molecule has 3 aromatic rings. The van der Waals surface area contributed by atoms with Crippen molar-refractivity contribution in [1.29, 1.82) is 0 Å². The van der Waals surface area contributed by atoms with Gasteiger partial charge in [-0.3, -0.25) is 0 Å². The van der Waals surface area contributed by atoms with Crippen LogP contribution in [0.3, 0.4) is 0 Å². The Hall–Kier alpha value is -1.67. The number of pyridine rings is 1. The smallest absolute Gasteiger partial charge is 0.124 e. The molecule has 3 rings (SSSR count). The number of hydrogen-bond acceptors (Lipinski definition) is 2. The summed E-state index contributed by atoms with van der Waals surface area (Å²) in [5.41, 5.74) is 5.23. The fraction of sp³-hybridized carbons (Fsp3) is 0.235. The molecule has 0 radical (unpaired) electrons. The standard InChI is InChI=1S/C17H17NS/c1-3-7-15-12(2)16(13-8-5-4-6-9-13)14-10-11-19-17(14)18-15/h4-6,8-11H,3,7H2,1-2H3. The van der Waals surface area contributed by atoms with Crippen LogP contribution < -0.4 is 0 Å². The van der Waals surface area contributed by atoms with Gasteiger partial charge in [-0.05, 0) is 41.5 Å². The molecule has 0 saturated carbocycles. The fourth-order valence-corrected chi connectivity index (χ4v) is 3.38. The predicted octanol–water partition coefficient (Wildman–Crippen LogP) is 5.22. The highest BCUT2D eigenvalue weighted by molar-refractivity contribution is 7.16. The van der Waals surface area contributed by atoms with Gasteiger partial charge in [-0.1, -0.05) is 43.7 Å². The lowest BCUT2D eigenvalue weighted by Gasteiger charge is -2.12. The summed E-state index contributed by atoms with van der Waals surface area (Å²) in [7, 11) is 0. The van der Waals surface area contributed by atoms with Crippen molar-refractivity contribution in [3.05, 3.63) is 53.0 Å². The lowest BCUT2D eigenvalue weighted by atomic mass is 9.96. The molecular weight excluding hydrogens is 250 g/mol. The number of thiophene rings is 1. The average Bonchev–Trinajstić information content (AvgIpc) is 2.88. The zero-order valence-corrected chi connectivity index (χ0v) is 12.1. The summed E-state index contributed by atoms with van der Waals surface area (Å²) in [6.07, 6.45) is 2.19. The van der Waals surface area contributed by atoms with Crippen LogP contribution in [0.1, 0.15) is 24.6 Å². The third kappa shape index (κ3) is 2.17. The Morgan fingerprint density at radius 2 is 1.89 bits per heavy atom. The summed E-state index contributed by atoms with van der Waals surface area (Å²) in [5.74, 6) is 0. The first-order valence-electron chi connectivity index (χ1n) is 6.73. The summed E-state index contributed by atoms with van der Waals surface area (Å²) in [6.45, 7) is 4.42. The lowest BCUT2D eigenvalue weighted by Crippen LogP contribution is -1.97. The molecule has 1 nitrogen and oxygen atoms in total. The van der Waals surface area contributed by atoms with Crippen molar-refractivity contribution >= 4 is 21.6 Å². The van der Waals surface area contributed by atoms with E-state index in [1.807, 2.05) is 0 Å². The number of nitrogens with zero attached hydrogens (tertiary/aromatic N) is 1. The van der Waals surface area contributed by atoms with Crippen LogP contribution in [0.15, 0.2) is 41.8 Å². The third-order valence-electron chi connectivity index (χ3n) is 3.51. The van der Waals surface area contributed by atoms with E-state index in [0.717, 1.165) is 17.7 Å². The van der Waals surface area contributed by atoms with E-state index in [1.54, 1.807) is 11.3 Å². The first kappa shape index (κ1) is 12.4. The normalized spacial score (nSPS) is 11.1. The van der Waals surface area contributed by atoms with Gasteiger partial charge >= 0.3 is 0 Å². The van der Waals surface area contributed by atoms with Gasteiger partial charge in [0.15, 0.2) is 0 Å². The molecule has 0 saturated heterocycles. The van der Waals surface area contributed by atoms with Crippen molar-refractivity contribution in [1.82, 2.24) is 4.98 Å². The van der Waals surface area contributed by atoms with Crippen LogP contribution in [0, 0.1) is 6.92 Å². The highest BCUT2D eigenvalue weighted by Gasteiger charge is 2.13. The first-order chi connectivity index (χ1) is 9.31. The zero-order chi connectivity index (χ0) is 13.2. The van der Waals surface area contributed by atoms with E-state index in [9.17, 15) is 0 Å². The molecule has 0 unspecified atom stereocenters. The zero-order valence-electron chi connectivity index (χ0n) is 11.3. The molecule has 19 heavy (non-hydrogen) atoms. The van der Waals surface area contributed by atoms with E-state index in [-0.39, 0.29) is 0 Å². The van der Waals surface area contributed by atoms with Crippen LogP contribution in [0.5, 0.6) is 0 Å². The summed E-state index contributed by atoms with van der Waals surface area (Å²) in [4.78, 5) is 5.99. The van der Waals surface area contributed by atoms with Crippen molar-refractivity contribution < 1.29 is 0 Å². The van der Waals surface area contributed by atoms with Crippen molar-refractivity contribution in [3.63, 3.8) is 0 Å². The second-order valence-corrected chi connectivity index (χ2v) is 5.71. The molecular formula is C17H17NS. The number of aryl methyl sites for hydroxylation is 1. The van der Waals surface area contributed by atoms with Gasteiger partial charge in [0.05, 0.1) is 0 Å². The van der Waals surface area contributed by atoms with E-state index >= 15 is 0 Å². The van der Waals surface area contributed by atoms with Crippen LogP contribution in [0.25, 0.3) is 21.3 Å². The molecule has 2 heteroatoms. The largest absolute Gasteiger partial charge is 0.242 e. The molecule has 0 fully saturated rings. The molecule has 0 N–H and O–H groups in total. The van der Waals surface area contributed by atoms with Crippen LogP contribution in [0.4, 0.5) is 0 Å². The van der Waals surface area contributed by atoms with Gasteiger partial charge in [0.2, 0.25) is 0 Å².